The third kappa shape index (κ3) is 4.77. The fourth-order valence-corrected chi connectivity index (χ4v) is 2.87. The Bertz CT molecular complexity index is 296. The van der Waals surface area contributed by atoms with Gasteiger partial charge in [0.1, 0.15) is 0 Å². The van der Waals surface area contributed by atoms with Gasteiger partial charge in [0.2, 0.25) is 5.91 Å². The quantitative estimate of drug-likeness (QED) is 0.711. The molecule has 1 rings (SSSR count). The molecular formula is C15H29NO3. The number of amides is 1. The van der Waals surface area contributed by atoms with Gasteiger partial charge in [0.05, 0.1) is 11.5 Å². The largest absolute Gasteiger partial charge is 0.393 e. The van der Waals surface area contributed by atoms with Crippen LogP contribution in [0.15, 0.2) is 0 Å². The van der Waals surface area contributed by atoms with E-state index in [-0.39, 0.29) is 22.8 Å². The molecule has 0 spiro atoms. The molecule has 4 heteroatoms. The van der Waals surface area contributed by atoms with Gasteiger partial charge in [-0.15, -0.1) is 0 Å². The number of carbonyl (C=O) groups is 1. The van der Waals surface area contributed by atoms with Crippen LogP contribution in [0.5, 0.6) is 0 Å². The van der Waals surface area contributed by atoms with Crippen molar-refractivity contribution in [2.45, 2.75) is 59.0 Å². The lowest BCUT2D eigenvalue weighted by Crippen LogP contribution is -2.48. The molecule has 4 nitrogen and oxygen atoms in total. The summed E-state index contributed by atoms with van der Waals surface area (Å²) in [7, 11) is 1.68. The van der Waals surface area contributed by atoms with Gasteiger partial charge in [0.25, 0.3) is 0 Å². The number of nitrogens with one attached hydrogen (secondary N) is 1. The molecule has 0 aromatic heterocycles. The van der Waals surface area contributed by atoms with Crippen LogP contribution in [0.2, 0.25) is 0 Å². The Morgan fingerprint density at radius 2 is 2.11 bits per heavy atom. The predicted octanol–water partition coefficient (Wildman–Crippen LogP) is 2.11. The van der Waals surface area contributed by atoms with E-state index in [0.29, 0.717) is 19.6 Å². The average Bonchev–Trinajstić information content (AvgIpc) is 2.23. The van der Waals surface area contributed by atoms with E-state index in [0.717, 1.165) is 25.7 Å². The predicted molar refractivity (Wildman–Crippen MR) is 75.9 cm³/mol. The summed E-state index contributed by atoms with van der Waals surface area (Å²) in [5.41, 5.74) is -0.271. The molecule has 1 aliphatic carbocycles. The van der Waals surface area contributed by atoms with E-state index < -0.39 is 0 Å². The van der Waals surface area contributed by atoms with Crippen molar-refractivity contribution in [2.75, 3.05) is 20.3 Å². The summed E-state index contributed by atoms with van der Waals surface area (Å²) in [6.45, 7) is 7.19. The van der Waals surface area contributed by atoms with Gasteiger partial charge in [-0.05, 0) is 38.0 Å². The van der Waals surface area contributed by atoms with Crippen molar-refractivity contribution < 1.29 is 14.6 Å². The second-order valence-electron chi connectivity index (χ2n) is 6.78. The number of hydrogen-bond acceptors (Lipinski definition) is 3. The van der Waals surface area contributed by atoms with Gasteiger partial charge in [-0.2, -0.15) is 0 Å². The van der Waals surface area contributed by atoms with Crippen LogP contribution >= 0.6 is 0 Å². The molecular weight excluding hydrogens is 242 g/mol. The normalized spacial score (nSPS) is 19.6. The van der Waals surface area contributed by atoms with E-state index in [1.54, 1.807) is 14.0 Å². The van der Waals surface area contributed by atoms with Crippen molar-refractivity contribution in [1.82, 2.24) is 5.32 Å². The lowest BCUT2D eigenvalue weighted by Gasteiger charge is -2.41. The van der Waals surface area contributed by atoms with Crippen molar-refractivity contribution in [3.8, 4) is 0 Å². The lowest BCUT2D eigenvalue weighted by atomic mass is 9.66. The first kappa shape index (κ1) is 16.4. The first-order valence-electron chi connectivity index (χ1n) is 7.27. The molecule has 0 aromatic rings. The van der Waals surface area contributed by atoms with Crippen LogP contribution in [0.25, 0.3) is 0 Å². The Labute approximate surface area is 116 Å². The maximum absolute atomic E-state index is 12.4. The SMILES string of the molecule is COCCC1(C(=O)NCC(C)(C)CC(C)O)CCC1. The Morgan fingerprint density at radius 1 is 1.47 bits per heavy atom. The van der Waals surface area contributed by atoms with Crippen molar-refractivity contribution in [2.24, 2.45) is 10.8 Å². The summed E-state index contributed by atoms with van der Waals surface area (Å²) in [5, 5.41) is 12.5. The topological polar surface area (TPSA) is 58.6 Å². The summed E-state index contributed by atoms with van der Waals surface area (Å²) in [5.74, 6) is 0.162. The molecule has 0 bridgehead atoms. The zero-order valence-corrected chi connectivity index (χ0v) is 12.8. The highest BCUT2D eigenvalue weighted by Crippen LogP contribution is 2.44. The second kappa shape index (κ2) is 6.71. The fraction of sp³-hybridized carbons (Fsp3) is 0.933. The van der Waals surface area contributed by atoms with Gasteiger partial charge in [-0.25, -0.2) is 0 Å². The first-order chi connectivity index (χ1) is 8.81. The maximum atomic E-state index is 12.4. The molecule has 0 radical (unpaired) electrons. The highest BCUT2D eigenvalue weighted by molar-refractivity contribution is 5.83. The number of rotatable bonds is 8. The first-order valence-corrected chi connectivity index (χ1v) is 7.27. The van der Waals surface area contributed by atoms with Gasteiger partial charge >= 0.3 is 0 Å². The Morgan fingerprint density at radius 3 is 2.53 bits per heavy atom. The highest BCUT2D eigenvalue weighted by atomic mass is 16.5. The Balaban J connectivity index is 2.45. The van der Waals surface area contributed by atoms with Crippen molar-refractivity contribution >= 4 is 5.91 Å². The smallest absolute Gasteiger partial charge is 0.226 e. The van der Waals surface area contributed by atoms with Gasteiger partial charge in [0.15, 0.2) is 0 Å². The highest BCUT2D eigenvalue weighted by Gasteiger charge is 2.43. The molecule has 1 fully saturated rings. The summed E-state index contributed by atoms with van der Waals surface area (Å²) >= 11 is 0. The molecule has 0 aromatic carbocycles. The van der Waals surface area contributed by atoms with Crippen LogP contribution in [0, 0.1) is 10.8 Å². The van der Waals surface area contributed by atoms with Crippen LogP contribution in [-0.4, -0.2) is 37.4 Å². The summed E-state index contributed by atoms with van der Waals surface area (Å²) in [6, 6.07) is 0. The number of methoxy groups -OCH3 is 1. The number of aliphatic hydroxyl groups is 1. The number of carbonyl (C=O) groups excluding carboxylic acids is 1. The monoisotopic (exact) mass is 271 g/mol. The van der Waals surface area contributed by atoms with E-state index in [1.807, 2.05) is 0 Å². The van der Waals surface area contributed by atoms with Gasteiger partial charge < -0.3 is 15.2 Å². The molecule has 0 heterocycles. The van der Waals surface area contributed by atoms with Crippen LogP contribution < -0.4 is 5.32 Å². The Kier molecular flexibility index (Phi) is 5.81. The lowest BCUT2D eigenvalue weighted by molar-refractivity contribution is -0.138. The minimum atomic E-state index is -0.335. The van der Waals surface area contributed by atoms with E-state index in [9.17, 15) is 9.90 Å². The van der Waals surface area contributed by atoms with Crippen LogP contribution in [0.3, 0.4) is 0 Å². The van der Waals surface area contributed by atoms with Crippen molar-refractivity contribution in [1.29, 1.82) is 0 Å². The van der Waals surface area contributed by atoms with Crippen LogP contribution in [-0.2, 0) is 9.53 Å². The molecule has 2 N–H and O–H groups in total. The van der Waals surface area contributed by atoms with Gasteiger partial charge in [-0.3, -0.25) is 4.79 Å². The van der Waals surface area contributed by atoms with Crippen LogP contribution in [0.4, 0.5) is 0 Å². The summed E-state index contributed by atoms with van der Waals surface area (Å²) < 4.78 is 5.11. The molecule has 1 atom stereocenters. The van der Waals surface area contributed by atoms with Crippen molar-refractivity contribution in [3.63, 3.8) is 0 Å². The number of hydrogen-bond donors (Lipinski definition) is 2. The fourth-order valence-electron chi connectivity index (χ4n) is 2.87. The van der Waals surface area contributed by atoms with Crippen LogP contribution in [0.1, 0.15) is 52.9 Å². The zero-order chi connectivity index (χ0) is 14.5. The molecule has 19 heavy (non-hydrogen) atoms. The van der Waals surface area contributed by atoms with E-state index in [2.05, 4.69) is 19.2 Å². The van der Waals surface area contributed by atoms with E-state index in [1.165, 1.54) is 0 Å². The second-order valence-corrected chi connectivity index (χ2v) is 6.78. The molecule has 112 valence electrons. The zero-order valence-electron chi connectivity index (χ0n) is 12.8. The maximum Gasteiger partial charge on any atom is 0.226 e. The minimum Gasteiger partial charge on any atom is -0.393 e. The van der Waals surface area contributed by atoms with E-state index >= 15 is 0 Å². The summed E-state index contributed by atoms with van der Waals surface area (Å²) in [6.07, 6.45) is 4.24. The molecule has 1 unspecified atom stereocenters. The molecule has 1 aliphatic rings. The third-order valence-electron chi connectivity index (χ3n) is 4.15. The van der Waals surface area contributed by atoms with Gasteiger partial charge in [-0.1, -0.05) is 20.3 Å². The number of aliphatic hydroxyl groups excluding tert-OH is 1. The van der Waals surface area contributed by atoms with Crippen molar-refractivity contribution in [3.05, 3.63) is 0 Å². The number of ether oxygens (including phenoxy) is 1. The summed E-state index contributed by atoms with van der Waals surface area (Å²) in [4.78, 5) is 12.4. The van der Waals surface area contributed by atoms with E-state index in [4.69, 9.17) is 4.74 Å². The molecule has 0 aliphatic heterocycles. The molecule has 0 saturated heterocycles. The average molecular weight is 271 g/mol. The third-order valence-corrected chi connectivity index (χ3v) is 4.15. The standard InChI is InChI=1S/C15H29NO3/c1-12(17)10-14(2,3)11-16-13(18)15(6-5-7-15)8-9-19-4/h12,17H,5-11H2,1-4H3,(H,16,18). The molecule has 1 amide bonds. The Hall–Kier alpha value is -0.610. The minimum absolute atomic E-state index is 0.0734. The molecule has 1 saturated carbocycles. The van der Waals surface area contributed by atoms with Gasteiger partial charge in [0, 0.05) is 20.3 Å².